The van der Waals surface area contributed by atoms with Gasteiger partial charge < -0.3 is 14.7 Å². The molecule has 1 aliphatic heterocycles. The molecule has 1 aromatic heterocycles. The Morgan fingerprint density at radius 1 is 1.28 bits per heavy atom. The normalized spacial score (nSPS) is 16.5. The first-order chi connectivity index (χ1) is 12.0. The number of benzene rings is 1. The van der Waals surface area contributed by atoms with E-state index in [0.29, 0.717) is 43.1 Å². The quantitative estimate of drug-likeness (QED) is 0.847. The Kier molecular flexibility index (Phi) is 5.25. The van der Waals surface area contributed by atoms with Gasteiger partial charge in [0.1, 0.15) is 5.82 Å². The SMILES string of the molecule is CCOC(=O)c1ccc(N2CCC(O)(c3ccccc3Cl)CC2)nc1. The van der Waals surface area contributed by atoms with Crippen LogP contribution >= 0.6 is 11.6 Å². The van der Waals surface area contributed by atoms with Gasteiger partial charge in [0, 0.05) is 29.9 Å². The maximum absolute atomic E-state index is 11.7. The molecule has 1 aliphatic rings. The van der Waals surface area contributed by atoms with Crippen LogP contribution in [0.25, 0.3) is 0 Å². The number of ether oxygens (including phenoxy) is 1. The smallest absolute Gasteiger partial charge is 0.339 e. The molecule has 1 aromatic carbocycles. The number of halogens is 1. The summed E-state index contributed by atoms with van der Waals surface area (Å²) < 4.78 is 4.96. The van der Waals surface area contributed by atoms with Gasteiger partial charge in [-0.3, -0.25) is 0 Å². The summed E-state index contributed by atoms with van der Waals surface area (Å²) in [6.45, 7) is 3.43. The lowest BCUT2D eigenvalue weighted by atomic mass is 9.84. The molecule has 0 radical (unpaired) electrons. The first kappa shape index (κ1) is 17.7. The molecule has 0 saturated carbocycles. The van der Waals surface area contributed by atoms with Crippen LogP contribution < -0.4 is 4.90 Å². The highest BCUT2D eigenvalue weighted by Gasteiger charge is 2.35. The Morgan fingerprint density at radius 3 is 2.60 bits per heavy atom. The number of carbonyl (C=O) groups is 1. The zero-order valence-corrected chi connectivity index (χ0v) is 14.9. The van der Waals surface area contributed by atoms with Gasteiger partial charge in [0.2, 0.25) is 0 Å². The molecule has 1 saturated heterocycles. The number of rotatable bonds is 4. The molecule has 3 rings (SSSR count). The summed E-state index contributed by atoms with van der Waals surface area (Å²) in [6, 6.07) is 11.0. The number of nitrogens with zero attached hydrogens (tertiary/aromatic N) is 2. The summed E-state index contributed by atoms with van der Waals surface area (Å²) in [5.74, 6) is 0.419. The van der Waals surface area contributed by atoms with Crippen LogP contribution in [0.1, 0.15) is 35.7 Å². The zero-order valence-electron chi connectivity index (χ0n) is 14.1. The van der Waals surface area contributed by atoms with Crippen molar-refractivity contribution in [1.29, 1.82) is 0 Å². The maximum Gasteiger partial charge on any atom is 0.339 e. The van der Waals surface area contributed by atoms with E-state index in [2.05, 4.69) is 9.88 Å². The highest BCUT2D eigenvalue weighted by Crippen LogP contribution is 2.37. The molecule has 0 bridgehead atoms. The second-order valence-corrected chi connectivity index (χ2v) is 6.53. The van der Waals surface area contributed by atoms with Crippen molar-refractivity contribution in [3.63, 3.8) is 0 Å². The topological polar surface area (TPSA) is 62.7 Å². The van der Waals surface area contributed by atoms with Gasteiger partial charge in [-0.05, 0) is 38.0 Å². The lowest BCUT2D eigenvalue weighted by Crippen LogP contribution is -2.43. The predicted molar refractivity (Wildman–Crippen MR) is 97.0 cm³/mol. The van der Waals surface area contributed by atoms with Crippen LogP contribution in [0.4, 0.5) is 5.82 Å². The monoisotopic (exact) mass is 360 g/mol. The van der Waals surface area contributed by atoms with Gasteiger partial charge in [-0.1, -0.05) is 29.8 Å². The highest BCUT2D eigenvalue weighted by molar-refractivity contribution is 6.31. The fourth-order valence-electron chi connectivity index (χ4n) is 3.12. The highest BCUT2D eigenvalue weighted by atomic mass is 35.5. The number of pyridine rings is 1. The van der Waals surface area contributed by atoms with Crippen LogP contribution in [0.2, 0.25) is 5.02 Å². The molecular formula is C19H21ClN2O3. The zero-order chi connectivity index (χ0) is 17.9. The number of aromatic nitrogens is 1. The maximum atomic E-state index is 11.7. The summed E-state index contributed by atoms with van der Waals surface area (Å²) in [5.41, 5.74) is 0.303. The van der Waals surface area contributed by atoms with Gasteiger partial charge in [-0.15, -0.1) is 0 Å². The average Bonchev–Trinajstić information content (AvgIpc) is 2.63. The van der Waals surface area contributed by atoms with Gasteiger partial charge in [-0.2, -0.15) is 0 Å². The third kappa shape index (κ3) is 3.78. The Balaban J connectivity index is 1.68. The number of aliphatic hydroxyl groups is 1. The average molecular weight is 361 g/mol. The number of carbonyl (C=O) groups excluding carboxylic acids is 1. The lowest BCUT2D eigenvalue weighted by Gasteiger charge is -2.39. The summed E-state index contributed by atoms with van der Waals surface area (Å²) >= 11 is 6.24. The second kappa shape index (κ2) is 7.42. The number of esters is 1. The Hall–Kier alpha value is -2.11. The largest absolute Gasteiger partial charge is 0.462 e. The molecule has 25 heavy (non-hydrogen) atoms. The minimum atomic E-state index is -0.917. The predicted octanol–water partition coefficient (Wildman–Crippen LogP) is 3.40. The molecule has 1 fully saturated rings. The number of hydrogen-bond acceptors (Lipinski definition) is 5. The van der Waals surface area contributed by atoms with E-state index in [0.717, 1.165) is 11.4 Å². The van der Waals surface area contributed by atoms with Crippen molar-refractivity contribution in [3.05, 3.63) is 58.7 Å². The van der Waals surface area contributed by atoms with Crippen molar-refractivity contribution in [2.75, 3.05) is 24.6 Å². The van der Waals surface area contributed by atoms with E-state index in [1.54, 1.807) is 19.1 Å². The Morgan fingerprint density at radius 2 is 2.00 bits per heavy atom. The molecule has 1 N–H and O–H groups in total. The third-order valence-corrected chi connectivity index (χ3v) is 4.88. The van der Waals surface area contributed by atoms with E-state index < -0.39 is 5.60 Å². The number of piperidine rings is 1. The molecule has 0 aliphatic carbocycles. The summed E-state index contributed by atoms with van der Waals surface area (Å²) in [4.78, 5) is 18.1. The van der Waals surface area contributed by atoms with Crippen LogP contribution in [0.15, 0.2) is 42.6 Å². The van der Waals surface area contributed by atoms with Crippen molar-refractivity contribution in [2.45, 2.75) is 25.4 Å². The van der Waals surface area contributed by atoms with E-state index in [1.165, 1.54) is 6.20 Å². The fraction of sp³-hybridized carbons (Fsp3) is 0.368. The fourth-order valence-corrected chi connectivity index (χ4v) is 3.43. The molecular weight excluding hydrogens is 340 g/mol. The van der Waals surface area contributed by atoms with Gasteiger partial charge in [0.15, 0.2) is 0 Å². The van der Waals surface area contributed by atoms with Gasteiger partial charge in [0.05, 0.1) is 17.8 Å². The Bertz CT molecular complexity index is 741. The number of anilines is 1. The van der Waals surface area contributed by atoms with E-state index in [-0.39, 0.29) is 5.97 Å². The summed E-state index contributed by atoms with van der Waals surface area (Å²) in [7, 11) is 0. The summed E-state index contributed by atoms with van der Waals surface area (Å²) in [5, 5.41) is 11.6. The molecule has 2 heterocycles. The van der Waals surface area contributed by atoms with Gasteiger partial charge in [-0.25, -0.2) is 9.78 Å². The molecule has 0 spiro atoms. The van der Waals surface area contributed by atoms with Crippen LogP contribution in [0.3, 0.4) is 0 Å². The lowest BCUT2D eigenvalue weighted by molar-refractivity contribution is 0.0117. The molecule has 6 heteroatoms. The minimum Gasteiger partial charge on any atom is -0.462 e. The number of hydrogen-bond donors (Lipinski definition) is 1. The first-order valence-corrected chi connectivity index (χ1v) is 8.77. The van der Waals surface area contributed by atoms with Gasteiger partial charge in [0.25, 0.3) is 0 Å². The van der Waals surface area contributed by atoms with Crippen LogP contribution in [-0.2, 0) is 10.3 Å². The van der Waals surface area contributed by atoms with Crippen molar-refractivity contribution < 1.29 is 14.6 Å². The van der Waals surface area contributed by atoms with Crippen LogP contribution in [0.5, 0.6) is 0 Å². The van der Waals surface area contributed by atoms with Gasteiger partial charge >= 0.3 is 5.97 Å². The van der Waals surface area contributed by atoms with Crippen molar-refractivity contribution in [2.24, 2.45) is 0 Å². The molecule has 0 amide bonds. The molecule has 5 nitrogen and oxygen atoms in total. The third-order valence-electron chi connectivity index (χ3n) is 4.55. The van der Waals surface area contributed by atoms with E-state index in [4.69, 9.17) is 16.3 Å². The standard InChI is InChI=1S/C19H21ClN2O3/c1-2-25-18(23)14-7-8-17(21-13-14)22-11-9-19(24,10-12-22)15-5-3-4-6-16(15)20/h3-8,13,24H,2,9-12H2,1H3. The van der Waals surface area contributed by atoms with Crippen LogP contribution in [-0.4, -0.2) is 35.8 Å². The van der Waals surface area contributed by atoms with Crippen LogP contribution in [0, 0.1) is 0 Å². The molecule has 0 atom stereocenters. The Labute approximate surface area is 152 Å². The van der Waals surface area contributed by atoms with Crippen molar-refractivity contribution in [3.8, 4) is 0 Å². The molecule has 2 aromatic rings. The van der Waals surface area contributed by atoms with Crippen molar-refractivity contribution in [1.82, 2.24) is 4.98 Å². The minimum absolute atomic E-state index is 0.341. The summed E-state index contributed by atoms with van der Waals surface area (Å²) in [6.07, 6.45) is 2.66. The molecule has 0 unspecified atom stereocenters. The second-order valence-electron chi connectivity index (χ2n) is 6.12. The van der Waals surface area contributed by atoms with Crippen molar-refractivity contribution >= 4 is 23.4 Å². The molecule has 132 valence electrons. The van der Waals surface area contributed by atoms with E-state index >= 15 is 0 Å². The van der Waals surface area contributed by atoms with E-state index in [9.17, 15) is 9.90 Å². The first-order valence-electron chi connectivity index (χ1n) is 8.39. The van der Waals surface area contributed by atoms with E-state index in [1.807, 2.05) is 24.3 Å².